The molecule has 0 radical (unpaired) electrons. The van der Waals surface area contributed by atoms with Gasteiger partial charge in [0.15, 0.2) is 24.2 Å². The number of carbonyl (C=O) groups excluding carboxylic acids is 1. The average molecular weight is 507 g/mol. The van der Waals surface area contributed by atoms with Gasteiger partial charge < -0.3 is 19.3 Å². The molecule has 196 valence electrons. The smallest absolute Gasteiger partial charge is 0.311 e. The van der Waals surface area contributed by atoms with Gasteiger partial charge in [-0.05, 0) is 35.7 Å². The van der Waals surface area contributed by atoms with E-state index in [0.717, 1.165) is 47.7 Å². The van der Waals surface area contributed by atoms with Gasteiger partial charge in [0.25, 0.3) is 0 Å². The maximum atomic E-state index is 12.4. The van der Waals surface area contributed by atoms with Crippen molar-refractivity contribution in [1.82, 2.24) is 0 Å². The van der Waals surface area contributed by atoms with Gasteiger partial charge in [0.1, 0.15) is 6.42 Å². The van der Waals surface area contributed by atoms with E-state index in [4.69, 9.17) is 19.3 Å². The summed E-state index contributed by atoms with van der Waals surface area (Å²) in [5.41, 5.74) is 2.76. The first kappa shape index (κ1) is 27.7. The number of carbonyl (C=O) groups is 2. The zero-order chi connectivity index (χ0) is 26.6. The van der Waals surface area contributed by atoms with Crippen molar-refractivity contribution in [2.24, 2.45) is 0 Å². The van der Waals surface area contributed by atoms with E-state index in [0.29, 0.717) is 24.5 Å². The number of carboxylic acid groups (broad SMARTS) is 1. The molecular formula is C30H36NO6+. The third-order valence-electron chi connectivity index (χ3n) is 6.16. The number of para-hydroxylation sites is 1. The summed E-state index contributed by atoms with van der Waals surface area (Å²) in [6.45, 7) is 2.56. The Hall–Kier alpha value is -3.87. The summed E-state index contributed by atoms with van der Waals surface area (Å²) < 4.78 is 18.6. The number of esters is 1. The highest BCUT2D eigenvalue weighted by molar-refractivity contribution is 5.89. The summed E-state index contributed by atoms with van der Waals surface area (Å²) in [5, 5.41) is 10.1. The monoisotopic (exact) mass is 506 g/mol. The number of hydrogen-bond donors (Lipinski definition) is 1. The zero-order valence-corrected chi connectivity index (χ0v) is 21.9. The van der Waals surface area contributed by atoms with Gasteiger partial charge in [-0.25, -0.2) is 0 Å². The molecule has 0 spiro atoms. The minimum atomic E-state index is -0.829. The van der Waals surface area contributed by atoms with Crippen LogP contribution in [0.15, 0.2) is 48.7 Å². The number of fused-ring (bicyclic) bond motifs is 1. The molecule has 0 bridgehead atoms. The summed E-state index contributed by atoms with van der Waals surface area (Å²) in [7, 11) is 3.07. The largest absolute Gasteiger partial charge is 0.493 e. The van der Waals surface area contributed by atoms with Gasteiger partial charge in [-0.1, -0.05) is 56.9 Å². The summed E-state index contributed by atoms with van der Waals surface area (Å²) in [6, 6.07) is 13.5. The second-order valence-electron chi connectivity index (χ2n) is 8.85. The van der Waals surface area contributed by atoms with Crippen molar-refractivity contribution in [2.75, 3.05) is 14.2 Å². The van der Waals surface area contributed by atoms with Gasteiger partial charge in [0, 0.05) is 18.6 Å². The molecule has 1 N–H and O–H groups in total. The van der Waals surface area contributed by atoms with Crippen LogP contribution in [-0.4, -0.2) is 31.3 Å². The first-order valence-electron chi connectivity index (χ1n) is 12.7. The Morgan fingerprint density at radius 3 is 2.30 bits per heavy atom. The van der Waals surface area contributed by atoms with Crippen LogP contribution in [-0.2, 0) is 16.1 Å². The van der Waals surface area contributed by atoms with Gasteiger partial charge in [-0.15, -0.1) is 0 Å². The Morgan fingerprint density at radius 1 is 0.919 bits per heavy atom. The van der Waals surface area contributed by atoms with Crippen LogP contribution in [0.25, 0.3) is 23.1 Å². The Bertz CT molecular complexity index is 1230. The lowest BCUT2D eigenvalue weighted by atomic mass is 10.1. The molecule has 0 unspecified atom stereocenters. The lowest BCUT2D eigenvalue weighted by Gasteiger charge is -2.14. The van der Waals surface area contributed by atoms with Gasteiger partial charge in [0.05, 0.1) is 19.6 Å². The summed E-state index contributed by atoms with van der Waals surface area (Å²) >= 11 is 0. The molecule has 0 atom stereocenters. The second kappa shape index (κ2) is 14.0. The molecule has 3 rings (SSSR count). The highest BCUT2D eigenvalue weighted by Gasteiger charge is 2.18. The first-order chi connectivity index (χ1) is 18.0. The molecule has 0 fully saturated rings. The molecule has 7 nitrogen and oxygen atoms in total. The zero-order valence-electron chi connectivity index (χ0n) is 21.9. The number of hydrogen-bond acceptors (Lipinski definition) is 5. The molecule has 0 saturated carbocycles. The quantitative estimate of drug-likeness (QED) is 0.124. The van der Waals surface area contributed by atoms with E-state index in [-0.39, 0.29) is 18.1 Å². The predicted molar refractivity (Wildman–Crippen MR) is 144 cm³/mol. The van der Waals surface area contributed by atoms with Crippen LogP contribution in [0.3, 0.4) is 0 Å². The molecule has 1 heterocycles. The van der Waals surface area contributed by atoms with Crippen molar-refractivity contribution < 1.29 is 33.5 Å². The minimum Gasteiger partial charge on any atom is -0.493 e. The predicted octanol–water partition coefficient (Wildman–Crippen LogP) is 6.06. The van der Waals surface area contributed by atoms with E-state index in [9.17, 15) is 9.59 Å². The van der Waals surface area contributed by atoms with Crippen molar-refractivity contribution in [2.45, 2.75) is 58.4 Å². The molecule has 7 heteroatoms. The van der Waals surface area contributed by atoms with Gasteiger partial charge in [-0.2, -0.15) is 4.57 Å². The Balaban J connectivity index is 1.81. The second-order valence-corrected chi connectivity index (χ2v) is 8.85. The molecule has 0 saturated heterocycles. The first-order valence-corrected chi connectivity index (χ1v) is 12.7. The van der Waals surface area contributed by atoms with E-state index in [1.54, 1.807) is 12.1 Å². The number of unbranched alkanes of at least 4 members (excludes halogenated alkanes) is 4. The van der Waals surface area contributed by atoms with Crippen molar-refractivity contribution in [1.29, 1.82) is 0 Å². The van der Waals surface area contributed by atoms with Crippen LogP contribution in [0.1, 0.15) is 63.0 Å². The molecule has 37 heavy (non-hydrogen) atoms. The fourth-order valence-corrected chi connectivity index (χ4v) is 4.19. The lowest BCUT2D eigenvalue weighted by Crippen LogP contribution is -2.35. The van der Waals surface area contributed by atoms with Crippen molar-refractivity contribution in [3.05, 3.63) is 59.8 Å². The number of aryl methyl sites for hydroxylation is 1. The van der Waals surface area contributed by atoms with Gasteiger partial charge >= 0.3 is 11.9 Å². The third kappa shape index (κ3) is 7.81. The number of rotatable bonds is 14. The molecular weight excluding hydrogens is 470 g/mol. The molecule has 2 aromatic carbocycles. The number of ether oxygens (including phenoxy) is 3. The van der Waals surface area contributed by atoms with E-state index in [2.05, 4.69) is 6.92 Å². The summed E-state index contributed by atoms with van der Waals surface area (Å²) in [6.07, 6.45) is 11.5. The van der Waals surface area contributed by atoms with E-state index < -0.39 is 5.97 Å². The maximum Gasteiger partial charge on any atom is 0.311 e. The molecule has 1 aromatic heterocycles. The maximum absolute atomic E-state index is 12.4. The lowest BCUT2D eigenvalue weighted by molar-refractivity contribution is -0.670. The van der Waals surface area contributed by atoms with Crippen LogP contribution in [0.4, 0.5) is 0 Å². The Morgan fingerprint density at radius 2 is 1.62 bits per heavy atom. The third-order valence-corrected chi connectivity index (χ3v) is 6.16. The van der Waals surface area contributed by atoms with Crippen LogP contribution < -0.4 is 18.8 Å². The number of benzene rings is 2. The normalized spacial score (nSPS) is 11.1. The van der Waals surface area contributed by atoms with Crippen molar-refractivity contribution in [3.63, 3.8) is 0 Å². The topological polar surface area (TPSA) is 85.9 Å². The van der Waals surface area contributed by atoms with Gasteiger partial charge in [-0.3, -0.25) is 9.59 Å². The molecule has 0 amide bonds. The van der Waals surface area contributed by atoms with E-state index >= 15 is 0 Å². The number of nitrogens with zero attached hydrogens (tertiary/aromatic N) is 1. The molecule has 0 aliphatic carbocycles. The Kier molecular flexibility index (Phi) is 10.5. The number of aliphatic carboxylic acids is 1. The number of methoxy groups -OCH3 is 2. The van der Waals surface area contributed by atoms with Crippen LogP contribution in [0.5, 0.6) is 17.2 Å². The van der Waals surface area contributed by atoms with Crippen LogP contribution >= 0.6 is 0 Å². The molecule has 0 aliphatic rings. The van der Waals surface area contributed by atoms with E-state index in [1.165, 1.54) is 20.6 Å². The van der Waals surface area contributed by atoms with E-state index in [1.807, 2.05) is 53.2 Å². The fraction of sp³-hybridized carbons (Fsp3) is 0.367. The fourth-order valence-electron chi connectivity index (χ4n) is 4.19. The molecule has 0 aliphatic heterocycles. The minimum absolute atomic E-state index is 0.0548. The number of pyridine rings is 1. The highest BCUT2D eigenvalue weighted by atomic mass is 16.6. The van der Waals surface area contributed by atoms with Crippen molar-refractivity contribution in [3.8, 4) is 17.2 Å². The number of carboxylic acids is 1. The SMILES string of the molecule is CCCCCCCC(=O)Oc1c(OC)cc(/C=C/c2cc[n+](CCC(=O)O)c3ccccc23)cc1OC. The van der Waals surface area contributed by atoms with Crippen LogP contribution in [0.2, 0.25) is 0 Å². The van der Waals surface area contributed by atoms with Gasteiger partial charge in [0.2, 0.25) is 11.3 Å². The average Bonchev–Trinajstić information content (AvgIpc) is 2.91. The molecule has 3 aromatic rings. The highest BCUT2D eigenvalue weighted by Crippen LogP contribution is 2.39. The Labute approximate surface area is 218 Å². The summed E-state index contributed by atoms with van der Waals surface area (Å²) in [4.78, 5) is 23.5. The summed E-state index contributed by atoms with van der Waals surface area (Å²) in [5.74, 6) is -0.0104. The standard InChI is InChI=1S/C30H35NO6/c1-4-5-6-7-8-13-29(34)37-30-26(35-2)20-22(21-27(30)36-3)14-15-23-16-18-31(19-17-28(32)33)25-12-10-9-11-24(23)25/h9-12,14-16,18,20-21H,4-8,13,17,19H2,1-3H3/p+1/b15-14+. The number of aromatic nitrogens is 1. The van der Waals surface area contributed by atoms with Crippen molar-refractivity contribution >= 4 is 35.0 Å². The van der Waals surface area contributed by atoms with Crippen LogP contribution in [0, 0.1) is 0 Å².